The van der Waals surface area contributed by atoms with E-state index in [0.717, 1.165) is 105 Å². The number of aryl methyl sites for hydroxylation is 20. The first-order valence-corrected chi connectivity index (χ1v) is 42.6. The highest BCUT2D eigenvalue weighted by Crippen LogP contribution is 2.45. The van der Waals surface area contributed by atoms with Crippen molar-refractivity contribution in [3.8, 4) is 56.3 Å². The molecular formula is C115H125N10O5+5. The van der Waals surface area contributed by atoms with E-state index in [1.807, 2.05) is 141 Å². The van der Waals surface area contributed by atoms with Gasteiger partial charge in [-0.05, 0) is 254 Å². The number of hydrogen-bond donors (Lipinski definition) is 0. The van der Waals surface area contributed by atoms with Crippen LogP contribution in [0, 0.1) is 103 Å². The van der Waals surface area contributed by atoms with Crippen molar-refractivity contribution in [3.63, 3.8) is 0 Å². The minimum atomic E-state index is -2.82. The Morgan fingerprint density at radius 2 is 0.554 bits per heavy atom. The van der Waals surface area contributed by atoms with Gasteiger partial charge < -0.3 is 22.1 Å². The molecule has 0 bridgehead atoms. The molecule has 0 aliphatic heterocycles. The van der Waals surface area contributed by atoms with Crippen LogP contribution in [-0.4, -0.2) is 24.9 Å². The van der Waals surface area contributed by atoms with Gasteiger partial charge in [-0.1, -0.05) is 124 Å². The number of rotatable bonds is 10. The third-order valence-electron chi connectivity index (χ3n) is 24.1. The Balaban J connectivity index is 0.000000143. The van der Waals surface area contributed by atoms with Gasteiger partial charge in [0.25, 0.3) is 0 Å². The lowest BCUT2D eigenvalue weighted by Gasteiger charge is -2.13. The lowest BCUT2D eigenvalue weighted by molar-refractivity contribution is -0.660. The second-order valence-electron chi connectivity index (χ2n) is 34.2. The molecule has 5 aromatic carbocycles. The molecule has 660 valence electrons. The molecule has 0 fully saturated rings. The van der Waals surface area contributed by atoms with Crippen molar-refractivity contribution in [3.05, 3.63) is 295 Å². The fraction of sp³-hybridized carbons (Fsp3) is 0.304. The van der Waals surface area contributed by atoms with Crippen molar-refractivity contribution in [1.82, 2.24) is 24.9 Å². The molecule has 0 aliphatic carbocycles. The second kappa shape index (κ2) is 35.6. The van der Waals surface area contributed by atoms with Crippen LogP contribution in [0.2, 0.25) is 0 Å². The summed E-state index contributed by atoms with van der Waals surface area (Å²) in [6.45, 7) is 4.00. The zero-order valence-electron chi connectivity index (χ0n) is 109. The third kappa shape index (κ3) is 16.8. The summed E-state index contributed by atoms with van der Waals surface area (Å²) in [5.41, 5.74) is 20.3. The predicted molar refractivity (Wildman–Crippen MR) is 532 cm³/mol. The fourth-order valence-corrected chi connectivity index (χ4v) is 17.2. The van der Waals surface area contributed by atoms with Crippen molar-refractivity contribution < 1.29 is 88.8 Å². The lowest BCUT2D eigenvalue weighted by atomic mass is 9.93. The predicted octanol–water partition coefficient (Wildman–Crippen LogP) is 27.6. The maximum absolute atomic E-state index is 8.68. The number of furan rings is 5. The third-order valence-corrected chi connectivity index (χ3v) is 24.1. The highest BCUT2D eigenvalue weighted by molar-refractivity contribution is 6.14. The van der Waals surface area contributed by atoms with Crippen LogP contribution in [0.1, 0.15) is 254 Å². The lowest BCUT2D eigenvalue weighted by Crippen LogP contribution is -2.32. The van der Waals surface area contributed by atoms with E-state index in [4.69, 9.17) is 66.0 Å². The standard InChI is InChI=1S/2C24H27N2O.C23H25N2O.2C22H23N2O/c1-13(2)19-11-20(26(7)12-16(19)5)22-15(4)10-14(3)21-18-9-8-17(6)25-24(18)27-23(21)22;1-13(2)19-11-20(26(7)12-16(19)5)22-14(3)8-9-18-21-15(4)10-17(6)25-24(21)27-23(18)22;1-13(2)19-11-20(25(6)12-15(19)4)21-14(3)7-9-17-18-10-8-16(5)24-23(18)26-22(17)21;2*1-13(2)16-10-11-24(5)19(12-16)20-14(3)6-8-17-18-9-7-15(4)23-22(18)25-21(17)20/h2*8-13H,1-7H3;7-13H,1-6H3;2*6-13H,1-5H3/q5*+1/i1D3,3D3,5D3,13D;1D3,4D3,5D3,13D;1D3,4D3,13D;1D3,13D;13D. The molecule has 15 nitrogen and oxygen atoms in total. The Kier molecular flexibility index (Phi) is 15.9. The Morgan fingerprint density at radius 3 is 0.923 bits per heavy atom. The van der Waals surface area contributed by atoms with Crippen molar-refractivity contribution in [2.45, 2.75) is 202 Å². The summed E-state index contributed by atoms with van der Waals surface area (Å²) in [6, 6.07) is 46.1. The van der Waals surface area contributed by atoms with Crippen molar-refractivity contribution in [1.29, 1.82) is 0 Å². The monoisotopic (exact) mass is 1760 g/mol. The summed E-state index contributed by atoms with van der Waals surface area (Å²) in [5, 5.41) is 7.46. The zero-order valence-corrected chi connectivity index (χ0v) is 76.8. The summed E-state index contributed by atoms with van der Waals surface area (Å²) >= 11 is 0. The Hall–Kier alpha value is -13.4. The van der Waals surface area contributed by atoms with E-state index in [-0.39, 0.29) is 61.5 Å². The largest absolute Gasteiger partial charge is 0.437 e. The van der Waals surface area contributed by atoms with E-state index >= 15 is 0 Å². The molecule has 0 saturated carbocycles. The molecule has 4 unspecified atom stereocenters. The first-order chi connectivity index (χ1) is 74.4. The molecule has 0 N–H and O–H groups in total. The number of fused-ring (bicyclic) bond motifs is 15. The van der Waals surface area contributed by atoms with Crippen LogP contribution in [0.15, 0.2) is 205 Å². The number of hydrogen-bond acceptors (Lipinski definition) is 10. The smallest absolute Gasteiger partial charge is 0.227 e. The van der Waals surface area contributed by atoms with E-state index in [0.29, 0.717) is 112 Å². The molecule has 0 spiro atoms. The first kappa shape index (κ1) is 58.2. The van der Waals surface area contributed by atoms with Gasteiger partial charge in [0.1, 0.15) is 35.2 Å². The van der Waals surface area contributed by atoms with E-state index in [1.165, 1.54) is 75.1 Å². The highest BCUT2D eigenvalue weighted by atomic mass is 16.4. The van der Waals surface area contributed by atoms with Crippen LogP contribution in [0.3, 0.4) is 0 Å². The quantitative estimate of drug-likeness (QED) is 0.121. The van der Waals surface area contributed by atoms with Gasteiger partial charge in [-0.3, -0.25) is 0 Å². The minimum absolute atomic E-state index is 0.0583. The second-order valence-corrected chi connectivity index (χ2v) is 34.2. The molecule has 130 heavy (non-hydrogen) atoms. The molecule has 0 aliphatic rings. The molecule has 0 radical (unpaired) electrons. The van der Waals surface area contributed by atoms with Crippen molar-refractivity contribution >= 4 is 110 Å². The van der Waals surface area contributed by atoms with Gasteiger partial charge in [0.2, 0.25) is 57.0 Å². The van der Waals surface area contributed by atoms with Gasteiger partial charge in [0.05, 0.1) is 33.2 Å². The molecule has 20 aromatic rings. The molecule has 20 rings (SSSR count). The molecule has 15 aromatic heterocycles. The van der Waals surface area contributed by atoms with Gasteiger partial charge >= 0.3 is 0 Å². The summed E-state index contributed by atoms with van der Waals surface area (Å²) in [5.74, 6) is -8.96. The Bertz CT molecular complexity index is 9360. The first-order valence-electron chi connectivity index (χ1n) is 58.6. The Morgan fingerprint density at radius 1 is 0.254 bits per heavy atom. The van der Waals surface area contributed by atoms with Gasteiger partial charge in [0, 0.05) is 180 Å². The van der Waals surface area contributed by atoms with Gasteiger partial charge in [-0.15, -0.1) is 0 Å². The van der Waals surface area contributed by atoms with Crippen molar-refractivity contribution in [2.24, 2.45) is 35.2 Å². The van der Waals surface area contributed by atoms with E-state index in [2.05, 4.69) is 60.7 Å². The maximum atomic E-state index is 8.68. The van der Waals surface area contributed by atoms with Crippen LogP contribution >= 0.6 is 0 Å². The topological polar surface area (TPSA) is 150 Å². The molecule has 15 heteroatoms. The van der Waals surface area contributed by atoms with E-state index < -0.39 is 91.1 Å². The van der Waals surface area contributed by atoms with E-state index in [9.17, 15) is 0 Å². The maximum Gasteiger partial charge on any atom is 0.227 e. The van der Waals surface area contributed by atoms with Crippen LogP contribution in [0.4, 0.5) is 0 Å². The van der Waals surface area contributed by atoms with Gasteiger partial charge in [-0.25, -0.2) is 47.8 Å². The summed E-state index contributed by atoms with van der Waals surface area (Å²) in [6.07, 6.45) is 7.86. The number of pyridine rings is 10. The normalized spacial score (nSPS) is 18.2. The van der Waals surface area contributed by atoms with Gasteiger partial charge in [-0.2, -0.15) is 0 Å². The van der Waals surface area contributed by atoms with Gasteiger partial charge in [0.15, 0.2) is 58.9 Å². The average molecular weight is 1760 g/mol. The fourth-order valence-electron chi connectivity index (χ4n) is 17.2. The van der Waals surface area contributed by atoms with Crippen LogP contribution in [0.5, 0.6) is 0 Å². The zero-order chi connectivity index (χ0) is 120. The Labute approximate surface area is 809 Å². The molecule has 4 atom stereocenters. The summed E-state index contributed by atoms with van der Waals surface area (Å²) in [4.78, 5) is 22.4. The van der Waals surface area contributed by atoms with Crippen molar-refractivity contribution in [2.75, 3.05) is 0 Å². The van der Waals surface area contributed by atoms with E-state index in [1.54, 1.807) is 99.7 Å². The molecular weight excluding hydrogens is 1600 g/mol. The summed E-state index contributed by atoms with van der Waals surface area (Å²) < 4.78 is 297. The van der Waals surface area contributed by atoms with Crippen LogP contribution in [0.25, 0.3) is 167 Å². The minimum Gasteiger partial charge on any atom is -0.437 e. The number of benzene rings is 5. The number of aromatic nitrogens is 10. The van der Waals surface area contributed by atoms with Crippen LogP contribution < -0.4 is 22.8 Å². The highest BCUT2D eigenvalue weighted by Gasteiger charge is 2.31. The average Bonchev–Trinajstić information content (AvgIpc) is 1.47. The van der Waals surface area contributed by atoms with Crippen LogP contribution in [-0.2, 0) is 35.2 Å². The molecule has 0 amide bonds. The number of nitrogens with zero attached hydrogens (tertiary/aromatic N) is 10. The SMILES string of the molecule is [2H]C(C)(C)c1cc[n+](C)c(-c2c(C)ccc3c2oc2nc(C)ccc23)c1.[2H]C([2H])([2H])C([2H])(C)c1cc[n+](C)c(-c2c(C)ccc3c2oc2nc(C)ccc23)c1.[2H]C([2H])([2H])c1c[n+](C)c(-c2c(C)cc(C([2H])([2H])[2H])c3c2oc2nc(C)ccc23)cc1C([2H])(C)C([2H])([2H])[2H].[2H]C([2H])([2H])c1c[n+](C)c(-c2c(C)ccc3c2oc2nc(C)cc(C([2H])([2H])[2H])c23)cc1C([2H])(C)C([2H])([2H])[2H].[2H]C([2H])([2H])c1c[n+](C)c(-c2c(C)ccc3c2oc2nc(C)ccc23)cc1C([2H])(C)C([2H])([2H])[2H]. The molecule has 15 heterocycles. The summed E-state index contributed by atoms with van der Waals surface area (Å²) in [7, 11) is 8.87. The molecule has 0 saturated heterocycles.